The maximum Gasteiger partial charge on any atom is 0.257 e. The van der Waals surface area contributed by atoms with E-state index in [-0.39, 0.29) is 18.9 Å². The van der Waals surface area contributed by atoms with E-state index in [1.54, 1.807) is 4.90 Å². The molecule has 3 N–H and O–H groups in total. The summed E-state index contributed by atoms with van der Waals surface area (Å²) in [7, 11) is 0. The second-order valence-electron chi connectivity index (χ2n) is 5.04. The van der Waals surface area contributed by atoms with Gasteiger partial charge in [0, 0.05) is 25.2 Å². The third-order valence-corrected chi connectivity index (χ3v) is 3.43. The van der Waals surface area contributed by atoms with Gasteiger partial charge in [0.05, 0.1) is 11.8 Å². The van der Waals surface area contributed by atoms with Crippen LogP contribution in [-0.4, -0.2) is 33.5 Å². The summed E-state index contributed by atoms with van der Waals surface area (Å²) in [6.07, 6.45) is 2.36. The van der Waals surface area contributed by atoms with Crippen molar-refractivity contribution in [1.29, 1.82) is 0 Å². The normalized spacial score (nSPS) is 10.4. The van der Waals surface area contributed by atoms with Crippen LogP contribution in [0.25, 0.3) is 0 Å². The highest BCUT2D eigenvalue weighted by atomic mass is 16.2. The summed E-state index contributed by atoms with van der Waals surface area (Å²) in [6, 6.07) is 9.65. The summed E-state index contributed by atoms with van der Waals surface area (Å²) in [6.45, 7) is 2.67. The van der Waals surface area contributed by atoms with Crippen LogP contribution in [0.3, 0.4) is 0 Å². The molecule has 0 bridgehead atoms. The lowest BCUT2D eigenvalue weighted by Gasteiger charge is -2.22. The molecule has 0 saturated carbocycles. The van der Waals surface area contributed by atoms with Crippen LogP contribution in [0.2, 0.25) is 0 Å². The van der Waals surface area contributed by atoms with Crippen LogP contribution >= 0.6 is 0 Å². The van der Waals surface area contributed by atoms with Crippen LogP contribution in [0.1, 0.15) is 35.0 Å². The van der Waals surface area contributed by atoms with Crippen LogP contribution in [0.5, 0.6) is 0 Å². The van der Waals surface area contributed by atoms with Crippen molar-refractivity contribution in [2.45, 2.75) is 26.3 Å². The summed E-state index contributed by atoms with van der Waals surface area (Å²) < 4.78 is 0. The molecule has 6 nitrogen and oxygen atoms in total. The van der Waals surface area contributed by atoms with Crippen molar-refractivity contribution < 1.29 is 9.59 Å². The van der Waals surface area contributed by atoms with Crippen molar-refractivity contribution in [1.82, 2.24) is 15.1 Å². The zero-order valence-corrected chi connectivity index (χ0v) is 12.6. The van der Waals surface area contributed by atoms with Gasteiger partial charge in [0.15, 0.2) is 0 Å². The number of rotatable bonds is 7. The van der Waals surface area contributed by atoms with Gasteiger partial charge in [-0.1, -0.05) is 37.3 Å². The number of primary amides is 1. The molecule has 6 heteroatoms. The molecule has 1 heterocycles. The molecule has 2 rings (SSSR count). The Labute approximate surface area is 129 Å². The van der Waals surface area contributed by atoms with Crippen LogP contribution in [0.4, 0.5) is 0 Å². The highest BCUT2D eigenvalue weighted by Crippen LogP contribution is 2.13. The number of amides is 2. The number of hydrogen-bond acceptors (Lipinski definition) is 3. The van der Waals surface area contributed by atoms with E-state index >= 15 is 0 Å². The monoisotopic (exact) mass is 300 g/mol. The number of nitrogens with one attached hydrogen (secondary N) is 1. The quantitative estimate of drug-likeness (QED) is 0.811. The van der Waals surface area contributed by atoms with Gasteiger partial charge in [-0.05, 0) is 12.0 Å². The molecule has 0 aliphatic carbocycles. The van der Waals surface area contributed by atoms with E-state index in [4.69, 9.17) is 5.73 Å². The minimum Gasteiger partial charge on any atom is -0.370 e. The number of hydrogen-bond donors (Lipinski definition) is 2. The SMILES string of the molecule is CCc1[nH]ncc1C(=O)N(CCC(N)=O)Cc1ccccc1. The molecule has 0 spiro atoms. The Kier molecular flexibility index (Phi) is 5.30. The summed E-state index contributed by atoms with van der Waals surface area (Å²) >= 11 is 0. The molecule has 0 atom stereocenters. The first-order valence-electron chi connectivity index (χ1n) is 7.25. The predicted octanol–water partition coefficient (Wildman–Crippen LogP) is 1.49. The fourth-order valence-electron chi connectivity index (χ4n) is 2.24. The van der Waals surface area contributed by atoms with Crippen molar-refractivity contribution in [2.75, 3.05) is 6.54 Å². The zero-order valence-electron chi connectivity index (χ0n) is 12.6. The predicted molar refractivity (Wildman–Crippen MR) is 83.0 cm³/mol. The lowest BCUT2D eigenvalue weighted by molar-refractivity contribution is -0.118. The first-order chi connectivity index (χ1) is 10.6. The smallest absolute Gasteiger partial charge is 0.257 e. The van der Waals surface area contributed by atoms with Crippen molar-refractivity contribution in [2.24, 2.45) is 5.73 Å². The molecule has 0 aliphatic heterocycles. The molecule has 0 unspecified atom stereocenters. The Bertz CT molecular complexity index is 637. The fourth-order valence-corrected chi connectivity index (χ4v) is 2.24. The van der Waals surface area contributed by atoms with E-state index < -0.39 is 5.91 Å². The minimum atomic E-state index is -0.422. The van der Waals surface area contributed by atoms with E-state index in [9.17, 15) is 9.59 Å². The van der Waals surface area contributed by atoms with E-state index in [0.29, 0.717) is 18.5 Å². The summed E-state index contributed by atoms with van der Waals surface area (Å²) in [5.74, 6) is -0.565. The zero-order chi connectivity index (χ0) is 15.9. The maximum absolute atomic E-state index is 12.7. The lowest BCUT2D eigenvalue weighted by Crippen LogP contribution is -2.34. The van der Waals surface area contributed by atoms with E-state index in [1.807, 2.05) is 37.3 Å². The largest absolute Gasteiger partial charge is 0.370 e. The Morgan fingerprint density at radius 1 is 1.27 bits per heavy atom. The number of nitrogens with zero attached hydrogens (tertiary/aromatic N) is 2. The van der Waals surface area contributed by atoms with Gasteiger partial charge >= 0.3 is 0 Å². The number of carbonyl (C=O) groups is 2. The molecule has 116 valence electrons. The molecule has 0 saturated heterocycles. The van der Waals surface area contributed by atoms with Crippen LogP contribution < -0.4 is 5.73 Å². The van der Waals surface area contributed by atoms with Gasteiger partial charge in [0.2, 0.25) is 5.91 Å². The van der Waals surface area contributed by atoms with Crippen molar-refractivity contribution in [3.8, 4) is 0 Å². The molecule has 0 fully saturated rings. The number of nitrogens with two attached hydrogens (primary N) is 1. The molecule has 0 aliphatic rings. The van der Waals surface area contributed by atoms with Gasteiger partial charge in [-0.2, -0.15) is 5.10 Å². The van der Waals surface area contributed by atoms with Crippen LogP contribution in [0.15, 0.2) is 36.5 Å². The first kappa shape index (κ1) is 15.8. The average molecular weight is 300 g/mol. The molecular weight excluding hydrogens is 280 g/mol. The van der Waals surface area contributed by atoms with Gasteiger partial charge in [0.25, 0.3) is 5.91 Å². The topological polar surface area (TPSA) is 92.1 Å². The molecule has 1 aromatic carbocycles. The highest BCUT2D eigenvalue weighted by molar-refractivity contribution is 5.95. The Hall–Kier alpha value is -2.63. The summed E-state index contributed by atoms with van der Waals surface area (Å²) in [5, 5.41) is 6.77. The number of aromatic nitrogens is 2. The number of carbonyl (C=O) groups excluding carboxylic acids is 2. The van der Waals surface area contributed by atoms with Gasteiger partial charge in [-0.15, -0.1) is 0 Å². The average Bonchev–Trinajstić information content (AvgIpc) is 3.00. The molecule has 0 radical (unpaired) electrons. The standard InChI is InChI=1S/C16H20N4O2/c1-2-14-13(10-18-19-14)16(22)20(9-8-15(17)21)11-12-6-4-3-5-7-12/h3-7,10H,2,8-9,11H2,1H3,(H2,17,21)(H,18,19). The summed E-state index contributed by atoms with van der Waals surface area (Å²) in [5.41, 5.74) is 7.55. The van der Waals surface area contributed by atoms with E-state index in [0.717, 1.165) is 11.3 Å². The number of H-pyrrole nitrogens is 1. The number of benzene rings is 1. The summed E-state index contributed by atoms with van der Waals surface area (Å²) in [4.78, 5) is 25.4. The molecule has 1 aromatic heterocycles. The van der Waals surface area contributed by atoms with Crippen molar-refractivity contribution in [3.05, 3.63) is 53.3 Å². The van der Waals surface area contributed by atoms with Gasteiger partial charge < -0.3 is 10.6 Å². The van der Waals surface area contributed by atoms with E-state index in [2.05, 4.69) is 10.2 Å². The second-order valence-corrected chi connectivity index (χ2v) is 5.04. The van der Waals surface area contributed by atoms with E-state index in [1.165, 1.54) is 6.20 Å². The van der Waals surface area contributed by atoms with Gasteiger partial charge in [0.1, 0.15) is 0 Å². The third kappa shape index (κ3) is 3.94. The minimum absolute atomic E-state index is 0.137. The van der Waals surface area contributed by atoms with Gasteiger partial charge in [-0.25, -0.2) is 0 Å². The second kappa shape index (κ2) is 7.40. The number of aryl methyl sites for hydroxylation is 1. The van der Waals surface area contributed by atoms with Gasteiger partial charge in [-0.3, -0.25) is 14.7 Å². The van der Waals surface area contributed by atoms with Crippen molar-refractivity contribution in [3.63, 3.8) is 0 Å². The Morgan fingerprint density at radius 3 is 2.64 bits per heavy atom. The maximum atomic E-state index is 12.7. The molecule has 2 aromatic rings. The first-order valence-corrected chi connectivity index (χ1v) is 7.25. The van der Waals surface area contributed by atoms with Crippen LogP contribution in [0, 0.1) is 0 Å². The van der Waals surface area contributed by atoms with Crippen molar-refractivity contribution >= 4 is 11.8 Å². The Morgan fingerprint density at radius 2 is 2.00 bits per heavy atom. The van der Waals surface area contributed by atoms with Crippen LogP contribution in [-0.2, 0) is 17.8 Å². The molecular formula is C16H20N4O2. The third-order valence-electron chi connectivity index (χ3n) is 3.43. The fraction of sp³-hybridized carbons (Fsp3) is 0.312. The number of aromatic amines is 1. The lowest BCUT2D eigenvalue weighted by atomic mass is 10.1. The molecule has 2 amide bonds. The Balaban J connectivity index is 2.19. The highest BCUT2D eigenvalue weighted by Gasteiger charge is 2.20. The molecule has 22 heavy (non-hydrogen) atoms.